The molecule has 5 nitrogen and oxygen atoms in total. The zero-order chi connectivity index (χ0) is 24.4. The van der Waals surface area contributed by atoms with Gasteiger partial charge in [-0.05, 0) is 81.8 Å². The second-order valence-electron chi connectivity index (χ2n) is 8.48. The molecule has 0 bridgehead atoms. The lowest BCUT2D eigenvalue weighted by molar-refractivity contribution is -0.157. The molecule has 0 atom stereocenters. The van der Waals surface area contributed by atoms with Crippen LogP contribution in [0.15, 0.2) is 70.5 Å². The molecule has 3 aromatic rings. The van der Waals surface area contributed by atoms with E-state index in [9.17, 15) is 22.0 Å². The summed E-state index contributed by atoms with van der Waals surface area (Å²) in [4.78, 5) is 11.3. The highest BCUT2D eigenvalue weighted by Crippen LogP contribution is 2.34. The molecule has 0 aliphatic carbocycles. The first-order valence-corrected chi connectivity index (χ1v) is 11.6. The standard InChI is InChI=1S/C25H24F2O5S/c1-16-5-11-22(31-15-24(28)32-25(2,3)4)20(13-16)17-6-12-23(21(27)14-17)33(29,30)19-9-7-18(26)8-10-19/h5-14H,15H2,1-4H3. The zero-order valence-corrected chi connectivity index (χ0v) is 19.5. The van der Waals surface area contributed by atoms with Crippen LogP contribution in [0.5, 0.6) is 5.75 Å². The van der Waals surface area contributed by atoms with Gasteiger partial charge in [-0.1, -0.05) is 17.7 Å². The molecule has 8 heteroatoms. The SMILES string of the molecule is Cc1ccc(OCC(=O)OC(C)(C)C)c(-c2ccc(S(=O)(=O)c3ccc(F)cc3)c(F)c2)c1. The summed E-state index contributed by atoms with van der Waals surface area (Å²) in [5, 5.41) is 0. The van der Waals surface area contributed by atoms with E-state index in [1.807, 2.05) is 6.92 Å². The van der Waals surface area contributed by atoms with Crippen LogP contribution in [0.4, 0.5) is 8.78 Å². The summed E-state index contributed by atoms with van der Waals surface area (Å²) in [5.41, 5.74) is 1.06. The molecule has 0 unspecified atom stereocenters. The fourth-order valence-corrected chi connectivity index (χ4v) is 4.44. The summed E-state index contributed by atoms with van der Waals surface area (Å²) >= 11 is 0. The van der Waals surface area contributed by atoms with Gasteiger partial charge in [-0.3, -0.25) is 0 Å². The number of hydrogen-bond donors (Lipinski definition) is 0. The molecule has 0 amide bonds. The van der Waals surface area contributed by atoms with Crippen LogP contribution in [0.25, 0.3) is 11.1 Å². The van der Waals surface area contributed by atoms with Gasteiger partial charge in [0.2, 0.25) is 9.84 Å². The molecule has 0 spiro atoms. The van der Waals surface area contributed by atoms with E-state index in [2.05, 4.69) is 0 Å². The number of rotatable bonds is 6. The molecule has 0 radical (unpaired) electrons. The van der Waals surface area contributed by atoms with Crippen molar-refractivity contribution in [3.63, 3.8) is 0 Å². The van der Waals surface area contributed by atoms with Crippen molar-refractivity contribution >= 4 is 15.8 Å². The summed E-state index contributed by atoms with van der Waals surface area (Å²) < 4.78 is 64.5. The molecule has 33 heavy (non-hydrogen) atoms. The average Bonchev–Trinajstić information content (AvgIpc) is 2.71. The fraction of sp³-hybridized carbons (Fsp3) is 0.240. The van der Waals surface area contributed by atoms with Gasteiger partial charge in [-0.25, -0.2) is 22.0 Å². The molecule has 3 aromatic carbocycles. The van der Waals surface area contributed by atoms with E-state index in [1.54, 1.807) is 39.0 Å². The largest absolute Gasteiger partial charge is 0.481 e. The number of sulfone groups is 1. The van der Waals surface area contributed by atoms with E-state index in [0.29, 0.717) is 16.9 Å². The van der Waals surface area contributed by atoms with Gasteiger partial charge >= 0.3 is 5.97 Å². The predicted octanol–water partition coefficient (Wildman–Crippen LogP) is 5.49. The molecule has 0 saturated heterocycles. The maximum atomic E-state index is 15.0. The first-order valence-electron chi connectivity index (χ1n) is 10.1. The molecule has 0 heterocycles. The van der Waals surface area contributed by atoms with E-state index >= 15 is 0 Å². The summed E-state index contributed by atoms with van der Waals surface area (Å²) in [6.07, 6.45) is 0. The lowest BCUT2D eigenvalue weighted by Gasteiger charge is -2.20. The molecule has 0 aliphatic heterocycles. The van der Waals surface area contributed by atoms with Gasteiger partial charge in [0.1, 0.15) is 27.9 Å². The third-order valence-corrected chi connectivity index (χ3v) is 6.36. The number of esters is 1. The topological polar surface area (TPSA) is 69.7 Å². The lowest BCUT2D eigenvalue weighted by Crippen LogP contribution is -2.27. The molecule has 0 saturated carbocycles. The minimum Gasteiger partial charge on any atom is -0.481 e. The second-order valence-corrected chi connectivity index (χ2v) is 10.4. The molecule has 0 fully saturated rings. The van der Waals surface area contributed by atoms with Crippen LogP contribution in [-0.2, 0) is 19.4 Å². The van der Waals surface area contributed by atoms with Crippen molar-refractivity contribution in [3.8, 4) is 16.9 Å². The number of halogens is 2. The van der Waals surface area contributed by atoms with Gasteiger partial charge in [-0.15, -0.1) is 0 Å². The number of benzene rings is 3. The Hall–Kier alpha value is -3.26. The van der Waals surface area contributed by atoms with Crippen molar-refractivity contribution < 1.29 is 31.5 Å². The average molecular weight is 475 g/mol. The Balaban J connectivity index is 1.93. The molecule has 3 rings (SSSR count). The third-order valence-electron chi connectivity index (χ3n) is 4.56. The normalized spacial score (nSPS) is 11.8. The van der Waals surface area contributed by atoms with Gasteiger partial charge in [0.25, 0.3) is 0 Å². The highest BCUT2D eigenvalue weighted by atomic mass is 32.2. The Bertz CT molecular complexity index is 1280. The van der Waals surface area contributed by atoms with Crippen molar-refractivity contribution in [1.29, 1.82) is 0 Å². The minimum atomic E-state index is -4.18. The van der Waals surface area contributed by atoms with Crippen LogP contribution >= 0.6 is 0 Å². The summed E-state index contributed by atoms with van der Waals surface area (Å²) in [6, 6.07) is 13.0. The molecule has 0 aliphatic rings. The van der Waals surface area contributed by atoms with Gasteiger partial charge in [-0.2, -0.15) is 0 Å². The highest BCUT2D eigenvalue weighted by molar-refractivity contribution is 7.91. The van der Waals surface area contributed by atoms with E-state index in [0.717, 1.165) is 42.0 Å². The number of carbonyl (C=O) groups excluding carboxylic acids is 1. The van der Waals surface area contributed by atoms with E-state index in [4.69, 9.17) is 9.47 Å². The fourth-order valence-electron chi connectivity index (χ4n) is 3.13. The Morgan fingerprint density at radius 3 is 2.21 bits per heavy atom. The highest BCUT2D eigenvalue weighted by Gasteiger charge is 2.23. The van der Waals surface area contributed by atoms with Crippen molar-refractivity contribution in [2.24, 2.45) is 0 Å². The Labute approximate surface area is 191 Å². The van der Waals surface area contributed by atoms with Gasteiger partial charge in [0.05, 0.1) is 4.90 Å². The summed E-state index contributed by atoms with van der Waals surface area (Å²) in [5.74, 6) is -1.79. The Morgan fingerprint density at radius 2 is 1.61 bits per heavy atom. The molecule has 0 N–H and O–H groups in total. The maximum absolute atomic E-state index is 15.0. The van der Waals surface area contributed by atoms with Crippen LogP contribution in [0.3, 0.4) is 0 Å². The maximum Gasteiger partial charge on any atom is 0.344 e. The smallest absolute Gasteiger partial charge is 0.344 e. The third kappa shape index (κ3) is 5.96. The number of carbonyl (C=O) groups is 1. The first-order chi connectivity index (χ1) is 15.4. The van der Waals surface area contributed by atoms with Gasteiger partial charge in [0.15, 0.2) is 6.61 Å². The predicted molar refractivity (Wildman–Crippen MR) is 120 cm³/mol. The Morgan fingerprint density at radius 1 is 0.939 bits per heavy atom. The number of hydrogen-bond acceptors (Lipinski definition) is 5. The van der Waals surface area contributed by atoms with Crippen LogP contribution < -0.4 is 4.74 Å². The molecule has 0 aromatic heterocycles. The van der Waals surface area contributed by atoms with Crippen molar-refractivity contribution in [1.82, 2.24) is 0 Å². The number of aryl methyl sites for hydroxylation is 1. The van der Waals surface area contributed by atoms with Crippen molar-refractivity contribution in [2.45, 2.75) is 43.1 Å². The van der Waals surface area contributed by atoms with Crippen molar-refractivity contribution in [3.05, 3.63) is 77.9 Å². The van der Waals surface area contributed by atoms with Crippen molar-refractivity contribution in [2.75, 3.05) is 6.61 Å². The second kappa shape index (κ2) is 9.31. The van der Waals surface area contributed by atoms with Crippen LogP contribution in [0, 0.1) is 18.6 Å². The van der Waals surface area contributed by atoms with Crippen LogP contribution in [0.2, 0.25) is 0 Å². The van der Waals surface area contributed by atoms with Gasteiger partial charge < -0.3 is 9.47 Å². The van der Waals surface area contributed by atoms with Gasteiger partial charge in [0, 0.05) is 5.56 Å². The van der Waals surface area contributed by atoms with E-state index in [-0.39, 0.29) is 11.5 Å². The molecular weight excluding hydrogens is 450 g/mol. The number of ether oxygens (including phenoxy) is 2. The first kappa shape index (κ1) is 24.4. The Kier molecular flexibility index (Phi) is 6.88. The summed E-state index contributed by atoms with van der Waals surface area (Å²) in [7, 11) is -4.18. The monoisotopic (exact) mass is 474 g/mol. The minimum absolute atomic E-state index is 0.215. The van der Waals surface area contributed by atoms with E-state index in [1.165, 1.54) is 6.07 Å². The quantitative estimate of drug-likeness (QED) is 0.349. The zero-order valence-electron chi connectivity index (χ0n) is 18.7. The lowest BCUT2D eigenvalue weighted by atomic mass is 10.0. The molecule has 174 valence electrons. The van der Waals surface area contributed by atoms with E-state index < -0.39 is 37.9 Å². The van der Waals surface area contributed by atoms with Crippen LogP contribution in [-0.4, -0.2) is 26.6 Å². The summed E-state index contributed by atoms with van der Waals surface area (Å²) in [6.45, 7) is 6.73. The molecular formula is C25H24F2O5S. The van der Waals surface area contributed by atoms with Crippen LogP contribution in [0.1, 0.15) is 26.3 Å².